The Bertz CT molecular complexity index is 723. The molecular formula is C17H23N5. The van der Waals surface area contributed by atoms with Crippen molar-refractivity contribution in [2.45, 2.75) is 39.0 Å². The molecule has 0 saturated heterocycles. The van der Waals surface area contributed by atoms with Crippen LogP contribution < -0.4 is 11.5 Å². The Morgan fingerprint density at radius 2 is 1.95 bits per heavy atom. The van der Waals surface area contributed by atoms with Crippen LogP contribution in [-0.4, -0.2) is 22.2 Å². The molecule has 1 aromatic rings. The van der Waals surface area contributed by atoms with Crippen molar-refractivity contribution in [3.8, 4) is 0 Å². The van der Waals surface area contributed by atoms with Crippen molar-refractivity contribution in [3.63, 3.8) is 0 Å². The highest BCUT2D eigenvalue weighted by Crippen LogP contribution is 2.29. The molecule has 22 heavy (non-hydrogen) atoms. The first-order valence-electron chi connectivity index (χ1n) is 7.63. The van der Waals surface area contributed by atoms with Gasteiger partial charge < -0.3 is 11.5 Å². The summed E-state index contributed by atoms with van der Waals surface area (Å²) in [6, 6.07) is 1.95. The number of hydrogen-bond acceptors (Lipinski definition) is 4. The van der Waals surface area contributed by atoms with Gasteiger partial charge >= 0.3 is 0 Å². The Labute approximate surface area is 131 Å². The summed E-state index contributed by atoms with van der Waals surface area (Å²) in [5.41, 5.74) is 16.5. The van der Waals surface area contributed by atoms with Crippen LogP contribution in [0, 0.1) is 0 Å². The quantitative estimate of drug-likeness (QED) is 0.836. The average molecular weight is 297 g/mol. The van der Waals surface area contributed by atoms with Gasteiger partial charge in [-0.05, 0) is 18.1 Å². The Hall–Kier alpha value is -2.30. The van der Waals surface area contributed by atoms with Crippen LogP contribution in [0.5, 0.6) is 0 Å². The maximum atomic E-state index is 6.16. The molecule has 0 fully saturated rings. The van der Waals surface area contributed by atoms with Crippen LogP contribution in [-0.2, 0) is 5.41 Å². The summed E-state index contributed by atoms with van der Waals surface area (Å²) in [7, 11) is 0. The third kappa shape index (κ3) is 2.58. The molecule has 5 nitrogen and oxygen atoms in total. The summed E-state index contributed by atoms with van der Waals surface area (Å²) < 4.78 is 1.83. The molecule has 0 amide bonds. The first-order valence-corrected chi connectivity index (χ1v) is 7.63. The number of aromatic nitrogens is 2. The molecule has 0 aromatic carbocycles. The minimum Gasteiger partial charge on any atom is -0.384 e. The Morgan fingerprint density at radius 1 is 1.18 bits per heavy atom. The van der Waals surface area contributed by atoms with Gasteiger partial charge in [-0.2, -0.15) is 5.10 Å². The number of rotatable bonds is 1. The van der Waals surface area contributed by atoms with E-state index in [0.29, 0.717) is 11.7 Å². The highest BCUT2D eigenvalue weighted by Gasteiger charge is 2.21. The summed E-state index contributed by atoms with van der Waals surface area (Å²) in [6.07, 6.45) is 8.00. The number of allylic oxidation sites excluding steroid dienone is 4. The predicted molar refractivity (Wildman–Crippen MR) is 91.5 cm³/mol. The molecule has 4 N–H and O–H groups in total. The van der Waals surface area contributed by atoms with Crippen molar-refractivity contribution in [1.29, 1.82) is 0 Å². The first kappa shape index (κ1) is 14.6. The second kappa shape index (κ2) is 5.16. The van der Waals surface area contributed by atoms with E-state index in [0.717, 1.165) is 36.4 Å². The van der Waals surface area contributed by atoms with Gasteiger partial charge in [0.25, 0.3) is 0 Å². The molecule has 0 bridgehead atoms. The van der Waals surface area contributed by atoms with Gasteiger partial charge in [0.1, 0.15) is 11.7 Å². The van der Waals surface area contributed by atoms with E-state index in [1.54, 1.807) is 0 Å². The largest absolute Gasteiger partial charge is 0.384 e. The van der Waals surface area contributed by atoms with Crippen molar-refractivity contribution in [3.05, 3.63) is 41.1 Å². The van der Waals surface area contributed by atoms with E-state index in [1.807, 2.05) is 10.7 Å². The van der Waals surface area contributed by atoms with Crippen molar-refractivity contribution in [2.75, 3.05) is 12.3 Å². The molecule has 0 radical (unpaired) electrons. The lowest BCUT2D eigenvalue weighted by Gasteiger charge is -2.15. The summed E-state index contributed by atoms with van der Waals surface area (Å²) in [4.78, 5) is 4.32. The molecule has 0 atom stereocenters. The maximum Gasteiger partial charge on any atom is 0.127 e. The van der Waals surface area contributed by atoms with E-state index in [9.17, 15) is 0 Å². The van der Waals surface area contributed by atoms with Gasteiger partial charge in [-0.3, -0.25) is 4.99 Å². The number of aliphatic imine (C=N–C) groups is 1. The predicted octanol–water partition coefficient (Wildman–Crippen LogP) is 2.62. The van der Waals surface area contributed by atoms with Crippen molar-refractivity contribution in [2.24, 2.45) is 10.7 Å². The molecule has 2 aliphatic rings. The lowest BCUT2D eigenvalue weighted by atomic mass is 9.92. The number of nitrogen functional groups attached to an aromatic ring is 1. The SMILES string of the molecule is CC(C)(C)c1cc(N)n(C2=CC=C3CCN=C(N)C3=CC2)n1. The molecule has 2 heterocycles. The van der Waals surface area contributed by atoms with E-state index in [-0.39, 0.29) is 5.41 Å². The minimum atomic E-state index is -0.0212. The van der Waals surface area contributed by atoms with E-state index in [2.05, 4.69) is 49.1 Å². The molecule has 1 aromatic heterocycles. The Kier molecular flexibility index (Phi) is 3.43. The minimum absolute atomic E-state index is 0.0212. The molecule has 0 spiro atoms. The Balaban J connectivity index is 1.98. The van der Waals surface area contributed by atoms with Gasteiger partial charge in [-0.1, -0.05) is 32.9 Å². The second-order valence-electron chi connectivity index (χ2n) is 6.81. The number of amidine groups is 1. The van der Waals surface area contributed by atoms with Crippen LogP contribution in [0.1, 0.15) is 39.3 Å². The molecule has 0 unspecified atom stereocenters. The first-order chi connectivity index (χ1) is 10.4. The highest BCUT2D eigenvalue weighted by molar-refractivity contribution is 6.02. The molecule has 1 aliphatic heterocycles. The van der Waals surface area contributed by atoms with Crippen molar-refractivity contribution < 1.29 is 0 Å². The van der Waals surface area contributed by atoms with Gasteiger partial charge in [0.15, 0.2) is 0 Å². The number of hydrogen-bond donors (Lipinski definition) is 2. The number of nitrogens with two attached hydrogens (primary N) is 2. The number of fused-ring (bicyclic) bond motifs is 1. The third-order valence-corrected chi connectivity index (χ3v) is 4.05. The van der Waals surface area contributed by atoms with Gasteiger partial charge in [0.2, 0.25) is 0 Å². The molecule has 1 aliphatic carbocycles. The zero-order valence-corrected chi connectivity index (χ0v) is 13.4. The van der Waals surface area contributed by atoms with Crippen LogP contribution in [0.25, 0.3) is 5.70 Å². The fourth-order valence-corrected chi connectivity index (χ4v) is 2.71. The van der Waals surface area contributed by atoms with E-state index >= 15 is 0 Å². The molecular weight excluding hydrogens is 274 g/mol. The normalized spacial score (nSPS) is 18.7. The lowest BCUT2D eigenvalue weighted by molar-refractivity contribution is 0.561. The van der Waals surface area contributed by atoms with E-state index < -0.39 is 0 Å². The summed E-state index contributed by atoms with van der Waals surface area (Å²) in [5.74, 6) is 1.30. The summed E-state index contributed by atoms with van der Waals surface area (Å²) in [5, 5.41) is 4.69. The van der Waals surface area contributed by atoms with Gasteiger partial charge in [0.05, 0.1) is 5.69 Å². The zero-order chi connectivity index (χ0) is 15.9. The molecule has 3 rings (SSSR count). The van der Waals surface area contributed by atoms with Crippen LogP contribution in [0.2, 0.25) is 0 Å². The third-order valence-electron chi connectivity index (χ3n) is 4.05. The smallest absolute Gasteiger partial charge is 0.127 e. The molecule has 5 heteroatoms. The van der Waals surface area contributed by atoms with Crippen LogP contribution in [0.3, 0.4) is 0 Å². The topological polar surface area (TPSA) is 82.2 Å². The standard InChI is InChI=1S/C17H23N5/c1-17(2,3)14-10-15(18)22(21-14)12-5-4-11-8-9-20-16(19)13(11)7-6-12/h4-5,7,10H,6,8-9,18H2,1-3H3,(H2,19,20). The van der Waals surface area contributed by atoms with Crippen molar-refractivity contribution in [1.82, 2.24) is 9.78 Å². The molecule has 116 valence electrons. The fraction of sp³-hybridized carbons (Fsp3) is 0.412. The van der Waals surface area contributed by atoms with Crippen molar-refractivity contribution >= 4 is 17.4 Å². The monoisotopic (exact) mass is 297 g/mol. The number of anilines is 1. The summed E-state index contributed by atoms with van der Waals surface area (Å²) >= 11 is 0. The van der Waals surface area contributed by atoms with E-state index in [4.69, 9.17) is 11.5 Å². The summed E-state index contributed by atoms with van der Waals surface area (Å²) in [6.45, 7) is 7.17. The number of nitrogens with zero attached hydrogens (tertiary/aromatic N) is 3. The van der Waals surface area contributed by atoms with E-state index in [1.165, 1.54) is 5.57 Å². The zero-order valence-electron chi connectivity index (χ0n) is 13.4. The van der Waals surface area contributed by atoms with Crippen LogP contribution in [0.15, 0.2) is 40.4 Å². The maximum absolute atomic E-state index is 6.16. The second-order valence-corrected chi connectivity index (χ2v) is 6.81. The van der Waals surface area contributed by atoms with Gasteiger partial charge in [-0.15, -0.1) is 0 Å². The molecule has 0 saturated carbocycles. The van der Waals surface area contributed by atoms with Crippen LogP contribution >= 0.6 is 0 Å². The Morgan fingerprint density at radius 3 is 2.64 bits per heavy atom. The van der Waals surface area contributed by atoms with Crippen LogP contribution in [0.4, 0.5) is 5.82 Å². The van der Waals surface area contributed by atoms with Gasteiger partial charge in [0, 0.05) is 35.7 Å². The average Bonchev–Trinajstić information content (AvgIpc) is 2.70. The van der Waals surface area contributed by atoms with Gasteiger partial charge in [-0.25, -0.2) is 4.68 Å². The fourth-order valence-electron chi connectivity index (χ4n) is 2.71. The lowest BCUT2D eigenvalue weighted by Crippen LogP contribution is -2.21. The highest BCUT2D eigenvalue weighted by atomic mass is 15.3.